The van der Waals surface area contributed by atoms with Crippen molar-refractivity contribution in [2.75, 3.05) is 18.5 Å². The summed E-state index contributed by atoms with van der Waals surface area (Å²) >= 11 is 0. The van der Waals surface area contributed by atoms with E-state index in [2.05, 4.69) is 9.97 Å². The first-order valence-electron chi connectivity index (χ1n) is 7.53. The minimum absolute atomic E-state index is 0.0677. The minimum atomic E-state index is -0.665. The van der Waals surface area contributed by atoms with Crippen molar-refractivity contribution in [3.05, 3.63) is 56.5 Å². The first-order chi connectivity index (χ1) is 10.8. The summed E-state index contributed by atoms with van der Waals surface area (Å²) in [4.78, 5) is 21.0. The number of halogens is 2. The third kappa shape index (κ3) is 3.25. The van der Waals surface area contributed by atoms with Crippen LogP contribution in [-0.4, -0.2) is 23.6 Å². The van der Waals surface area contributed by atoms with Crippen LogP contribution in [0.25, 0.3) is 0 Å². The number of aromatic nitrogens is 2. The molecule has 2 aromatic rings. The van der Waals surface area contributed by atoms with Gasteiger partial charge < -0.3 is 4.90 Å². The van der Waals surface area contributed by atoms with E-state index in [-0.39, 0.29) is 11.1 Å². The molecule has 1 unspecified atom stereocenters. The Kier molecular flexibility index (Phi) is 4.82. The van der Waals surface area contributed by atoms with E-state index < -0.39 is 17.6 Å². The second-order valence-electron chi connectivity index (χ2n) is 5.78. The fourth-order valence-corrected chi connectivity index (χ4v) is 2.55. The number of rotatable bonds is 4. The molecule has 0 aliphatic heterocycles. The van der Waals surface area contributed by atoms with Crippen LogP contribution in [0.5, 0.6) is 0 Å². The van der Waals surface area contributed by atoms with Crippen molar-refractivity contribution in [1.29, 1.82) is 0 Å². The molecule has 0 saturated heterocycles. The SMILES string of the molecule is CCN(C)c1nc(C(C)c2c(F)cc(C)cc2F)c(C)c(=O)[nH]1. The fourth-order valence-electron chi connectivity index (χ4n) is 2.55. The third-order valence-electron chi connectivity index (χ3n) is 4.08. The van der Waals surface area contributed by atoms with Crippen molar-refractivity contribution >= 4 is 5.95 Å². The molecule has 1 N–H and O–H groups in total. The third-order valence-corrected chi connectivity index (χ3v) is 4.08. The van der Waals surface area contributed by atoms with Crippen LogP contribution in [-0.2, 0) is 0 Å². The normalized spacial score (nSPS) is 12.3. The lowest BCUT2D eigenvalue weighted by Crippen LogP contribution is -2.26. The van der Waals surface area contributed by atoms with E-state index in [1.165, 1.54) is 12.1 Å². The van der Waals surface area contributed by atoms with Gasteiger partial charge in [0, 0.05) is 30.6 Å². The molecule has 6 heteroatoms. The van der Waals surface area contributed by atoms with Crippen LogP contribution in [0, 0.1) is 25.5 Å². The number of aryl methyl sites for hydroxylation is 1. The van der Waals surface area contributed by atoms with Crippen molar-refractivity contribution in [2.24, 2.45) is 0 Å². The van der Waals surface area contributed by atoms with Gasteiger partial charge in [0.15, 0.2) is 0 Å². The predicted molar refractivity (Wildman–Crippen MR) is 87.2 cm³/mol. The van der Waals surface area contributed by atoms with Gasteiger partial charge in [-0.3, -0.25) is 9.78 Å². The van der Waals surface area contributed by atoms with Crippen LogP contribution < -0.4 is 10.5 Å². The molecular formula is C17H21F2N3O. The highest BCUT2D eigenvalue weighted by atomic mass is 19.1. The minimum Gasteiger partial charge on any atom is -0.346 e. The molecule has 1 aromatic carbocycles. The number of aromatic amines is 1. The summed E-state index contributed by atoms with van der Waals surface area (Å²) < 4.78 is 28.5. The second kappa shape index (κ2) is 6.48. The zero-order valence-corrected chi connectivity index (χ0v) is 14.0. The molecule has 124 valence electrons. The first-order valence-corrected chi connectivity index (χ1v) is 7.53. The Balaban J connectivity index is 2.62. The van der Waals surface area contributed by atoms with Gasteiger partial charge in [0.2, 0.25) is 5.95 Å². The highest BCUT2D eigenvalue weighted by Crippen LogP contribution is 2.29. The van der Waals surface area contributed by atoms with Crippen LogP contribution in [0.2, 0.25) is 0 Å². The number of H-pyrrole nitrogens is 1. The van der Waals surface area contributed by atoms with Gasteiger partial charge >= 0.3 is 0 Å². The molecule has 0 spiro atoms. The van der Waals surface area contributed by atoms with E-state index in [0.29, 0.717) is 29.3 Å². The molecule has 0 fully saturated rings. The van der Waals surface area contributed by atoms with E-state index in [9.17, 15) is 13.6 Å². The fraction of sp³-hybridized carbons (Fsp3) is 0.412. The van der Waals surface area contributed by atoms with Gasteiger partial charge in [-0.2, -0.15) is 0 Å². The predicted octanol–water partition coefficient (Wildman–Crippen LogP) is 3.27. The van der Waals surface area contributed by atoms with Crippen molar-refractivity contribution in [2.45, 2.75) is 33.6 Å². The Hall–Kier alpha value is -2.24. The van der Waals surface area contributed by atoms with E-state index in [1.807, 2.05) is 6.92 Å². The van der Waals surface area contributed by atoms with Gasteiger partial charge in [0.25, 0.3) is 5.56 Å². The summed E-state index contributed by atoms with van der Waals surface area (Å²) in [6, 6.07) is 2.58. The Bertz CT molecular complexity index is 763. The summed E-state index contributed by atoms with van der Waals surface area (Å²) in [5, 5.41) is 0. The standard InChI is InChI=1S/C17H21F2N3O/c1-6-22(5)17-20-15(11(4)16(23)21-17)10(3)14-12(18)7-9(2)8-13(14)19/h7-8,10H,6H2,1-5H3,(H,20,21,23). The van der Waals surface area contributed by atoms with Crippen LogP contribution in [0.3, 0.4) is 0 Å². The number of hydrogen-bond donors (Lipinski definition) is 1. The zero-order chi connectivity index (χ0) is 17.3. The van der Waals surface area contributed by atoms with E-state index in [4.69, 9.17) is 0 Å². The molecule has 1 atom stereocenters. The van der Waals surface area contributed by atoms with E-state index in [0.717, 1.165) is 0 Å². The first kappa shape index (κ1) is 17.1. The smallest absolute Gasteiger partial charge is 0.255 e. The molecular weight excluding hydrogens is 300 g/mol. The molecule has 0 bridgehead atoms. The number of nitrogens with zero attached hydrogens (tertiary/aromatic N) is 2. The lowest BCUT2D eigenvalue weighted by Gasteiger charge is -2.20. The van der Waals surface area contributed by atoms with Gasteiger partial charge in [-0.15, -0.1) is 0 Å². The number of anilines is 1. The molecule has 1 heterocycles. The van der Waals surface area contributed by atoms with Crippen LogP contribution in [0.15, 0.2) is 16.9 Å². The highest BCUT2D eigenvalue weighted by Gasteiger charge is 2.23. The highest BCUT2D eigenvalue weighted by molar-refractivity contribution is 5.39. The molecule has 4 nitrogen and oxygen atoms in total. The average Bonchev–Trinajstić information content (AvgIpc) is 2.47. The molecule has 0 aliphatic rings. The Morgan fingerprint density at radius 1 is 1.26 bits per heavy atom. The quantitative estimate of drug-likeness (QED) is 0.940. The Morgan fingerprint density at radius 3 is 2.35 bits per heavy atom. The van der Waals surface area contributed by atoms with Crippen LogP contribution >= 0.6 is 0 Å². The molecule has 1 aromatic heterocycles. The summed E-state index contributed by atoms with van der Waals surface area (Å²) in [7, 11) is 1.79. The molecule has 23 heavy (non-hydrogen) atoms. The van der Waals surface area contributed by atoms with Gasteiger partial charge in [-0.25, -0.2) is 13.8 Å². The molecule has 0 radical (unpaired) electrons. The summed E-state index contributed by atoms with van der Waals surface area (Å²) in [6.07, 6.45) is 0. The average molecular weight is 321 g/mol. The molecule has 2 rings (SSSR count). The van der Waals surface area contributed by atoms with Crippen LogP contribution in [0.1, 0.15) is 42.1 Å². The second-order valence-corrected chi connectivity index (χ2v) is 5.78. The number of nitrogens with one attached hydrogen (secondary N) is 1. The van der Waals surface area contributed by atoms with Gasteiger partial charge in [0.05, 0.1) is 5.69 Å². The monoisotopic (exact) mass is 321 g/mol. The van der Waals surface area contributed by atoms with E-state index in [1.54, 1.807) is 32.7 Å². The number of benzene rings is 1. The van der Waals surface area contributed by atoms with Crippen molar-refractivity contribution in [3.8, 4) is 0 Å². The number of hydrogen-bond acceptors (Lipinski definition) is 3. The lowest BCUT2D eigenvalue weighted by atomic mass is 9.93. The maximum atomic E-state index is 14.2. The van der Waals surface area contributed by atoms with Gasteiger partial charge in [-0.05, 0) is 38.5 Å². The maximum absolute atomic E-state index is 14.2. The Labute approximate surface area is 134 Å². The Morgan fingerprint density at radius 2 is 1.83 bits per heavy atom. The zero-order valence-electron chi connectivity index (χ0n) is 14.0. The van der Waals surface area contributed by atoms with Crippen molar-refractivity contribution in [3.63, 3.8) is 0 Å². The largest absolute Gasteiger partial charge is 0.346 e. The molecule has 0 amide bonds. The van der Waals surface area contributed by atoms with E-state index >= 15 is 0 Å². The van der Waals surface area contributed by atoms with Gasteiger partial charge in [0.1, 0.15) is 11.6 Å². The van der Waals surface area contributed by atoms with Gasteiger partial charge in [-0.1, -0.05) is 6.92 Å². The lowest BCUT2D eigenvalue weighted by molar-refractivity contribution is 0.542. The van der Waals surface area contributed by atoms with Crippen molar-refractivity contribution < 1.29 is 8.78 Å². The maximum Gasteiger partial charge on any atom is 0.255 e. The molecule has 0 aliphatic carbocycles. The summed E-state index contributed by atoms with van der Waals surface area (Å²) in [5.74, 6) is -1.52. The van der Waals surface area contributed by atoms with Crippen molar-refractivity contribution in [1.82, 2.24) is 9.97 Å². The van der Waals surface area contributed by atoms with Crippen LogP contribution in [0.4, 0.5) is 14.7 Å². The summed E-state index contributed by atoms with van der Waals surface area (Å²) in [5.41, 5.74) is 0.890. The molecule has 0 saturated carbocycles. The topological polar surface area (TPSA) is 49.0 Å². The summed E-state index contributed by atoms with van der Waals surface area (Å²) in [6.45, 7) is 7.46.